The molecule has 0 spiro atoms. The summed E-state index contributed by atoms with van der Waals surface area (Å²) in [4.78, 5) is 0. The summed E-state index contributed by atoms with van der Waals surface area (Å²) in [5.74, 6) is 0. The van der Waals surface area contributed by atoms with Crippen molar-refractivity contribution in [2.45, 2.75) is 6.82 Å². The maximum atomic E-state index is 3.59. The van der Waals surface area contributed by atoms with Crippen LogP contribution < -0.4 is 5.46 Å². The zero-order valence-electron chi connectivity index (χ0n) is 19.2. The average molecular weight is 512 g/mol. The minimum Gasteiger partial charge on any atom is -0.309 e. The summed E-state index contributed by atoms with van der Waals surface area (Å²) < 4.78 is 5.90. The molecule has 0 fully saturated rings. The van der Waals surface area contributed by atoms with Crippen LogP contribution in [0.5, 0.6) is 0 Å². The highest BCUT2D eigenvalue weighted by Crippen LogP contribution is 2.41. The van der Waals surface area contributed by atoms with E-state index in [4.69, 9.17) is 0 Å². The predicted octanol–water partition coefficient (Wildman–Crippen LogP) is 8.02. The zero-order chi connectivity index (χ0) is 23.5. The van der Waals surface area contributed by atoms with E-state index in [2.05, 4.69) is 148 Å². The van der Waals surface area contributed by atoms with E-state index < -0.39 is 0 Å². The summed E-state index contributed by atoms with van der Waals surface area (Å²) in [5, 5.41) is 5.09. The fourth-order valence-corrected chi connectivity index (χ4v) is 5.73. The number of rotatable bonds is 3. The van der Waals surface area contributed by atoms with E-state index in [0.29, 0.717) is 0 Å². The molecule has 5 aromatic carbocycles. The molecule has 7 aromatic rings. The van der Waals surface area contributed by atoms with E-state index in [1.165, 1.54) is 54.8 Å². The Kier molecular flexibility index (Phi) is 4.65. The number of aromatic nitrogens is 2. The summed E-state index contributed by atoms with van der Waals surface area (Å²) in [6.45, 7) is 2.08. The molecule has 2 aromatic heterocycles. The summed E-state index contributed by atoms with van der Waals surface area (Å²) in [6, 6.07) is 39.5. The van der Waals surface area contributed by atoms with Crippen molar-refractivity contribution in [1.82, 2.24) is 9.13 Å². The summed E-state index contributed by atoms with van der Waals surface area (Å²) >= 11 is 3.59. The molecule has 0 unspecified atom stereocenters. The van der Waals surface area contributed by atoms with Gasteiger partial charge in [0.2, 0.25) is 0 Å². The third kappa shape index (κ3) is 3.03. The number of para-hydroxylation sites is 2. The lowest BCUT2D eigenvalue weighted by Gasteiger charge is -2.10. The number of hydrogen-bond acceptors (Lipinski definition) is 0. The summed E-state index contributed by atoms with van der Waals surface area (Å²) in [6.07, 6.45) is 0. The zero-order valence-corrected chi connectivity index (χ0v) is 20.8. The highest BCUT2D eigenvalue weighted by atomic mass is 79.9. The van der Waals surface area contributed by atoms with Gasteiger partial charge in [-0.1, -0.05) is 82.8 Å². The molecule has 0 aliphatic rings. The number of fused-ring (bicyclic) bond motifs is 7. The second-order valence-electron chi connectivity index (χ2n) is 8.92. The normalized spacial score (nSPS) is 11.7. The lowest BCUT2D eigenvalue weighted by atomic mass is 9.73. The standard InChI is InChI=1S/C31H21BBrN2/c1-32-20-10-14-23(15-11-20)35-27-8-4-2-6-24(27)25-18-19-29-30(31(25)35)26-7-3-5-9-28(26)34(29)22-16-12-21(33)13-17-22/h2-19H,1H3. The van der Waals surface area contributed by atoms with E-state index in [0.717, 1.165) is 10.2 Å². The van der Waals surface area contributed by atoms with Crippen LogP contribution in [0, 0.1) is 0 Å². The predicted molar refractivity (Wildman–Crippen MR) is 154 cm³/mol. The topological polar surface area (TPSA) is 9.86 Å². The number of nitrogens with zero attached hydrogens (tertiary/aromatic N) is 2. The first kappa shape index (κ1) is 20.6. The Labute approximate surface area is 212 Å². The second-order valence-corrected chi connectivity index (χ2v) is 9.83. The first-order valence-electron chi connectivity index (χ1n) is 11.9. The van der Waals surface area contributed by atoms with E-state index in [9.17, 15) is 0 Å². The molecule has 0 atom stereocenters. The van der Waals surface area contributed by atoms with Crippen LogP contribution in [0.1, 0.15) is 0 Å². The SMILES string of the molecule is C[B]c1ccc(-n2c3ccccc3c3ccc4c(c5ccccc5n4-c4ccc(Br)cc4)c32)cc1. The van der Waals surface area contributed by atoms with Crippen molar-refractivity contribution in [1.29, 1.82) is 0 Å². The summed E-state index contributed by atoms with van der Waals surface area (Å²) in [7, 11) is 2.14. The van der Waals surface area contributed by atoms with Gasteiger partial charge >= 0.3 is 0 Å². The Balaban J connectivity index is 1.69. The van der Waals surface area contributed by atoms with Crippen molar-refractivity contribution in [3.63, 3.8) is 0 Å². The van der Waals surface area contributed by atoms with Crippen molar-refractivity contribution >= 4 is 72.3 Å². The van der Waals surface area contributed by atoms with Crippen LogP contribution in [-0.4, -0.2) is 16.4 Å². The van der Waals surface area contributed by atoms with Crippen LogP contribution >= 0.6 is 15.9 Å². The van der Waals surface area contributed by atoms with Crippen LogP contribution in [0.25, 0.3) is 55.0 Å². The molecule has 2 heterocycles. The molecular formula is C31H21BBrN2. The minimum absolute atomic E-state index is 1.08. The van der Waals surface area contributed by atoms with Gasteiger partial charge in [0.1, 0.15) is 7.28 Å². The van der Waals surface area contributed by atoms with Crippen molar-refractivity contribution in [3.05, 3.63) is 114 Å². The van der Waals surface area contributed by atoms with Crippen molar-refractivity contribution in [2.75, 3.05) is 0 Å². The lowest BCUT2D eigenvalue weighted by molar-refractivity contribution is 1.17. The van der Waals surface area contributed by atoms with Crippen molar-refractivity contribution in [3.8, 4) is 11.4 Å². The summed E-state index contributed by atoms with van der Waals surface area (Å²) in [5.41, 5.74) is 8.46. The fraction of sp³-hybridized carbons (Fsp3) is 0.0323. The molecule has 35 heavy (non-hydrogen) atoms. The first-order chi connectivity index (χ1) is 17.2. The molecular weight excluding hydrogens is 491 g/mol. The Hall–Kier alpha value is -3.76. The van der Waals surface area contributed by atoms with E-state index in [-0.39, 0.29) is 0 Å². The minimum atomic E-state index is 1.08. The maximum absolute atomic E-state index is 3.59. The van der Waals surface area contributed by atoms with Gasteiger partial charge in [-0.3, -0.25) is 0 Å². The van der Waals surface area contributed by atoms with E-state index >= 15 is 0 Å². The van der Waals surface area contributed by atoms with Crippen LogP contribution in [-0.2, 0) is 0 Å². The van der Waals surface area contributed by atoms with Gasteiger partial charge in [0.05, 0.1) is 22.1 Å². The Bertz CT molecular complexity index is 1880. The molecule has 165 valence electrons. The molecule has 0 bridgehead atoms. The van der Waals surface area contributed by atoms with Gasteiger partial charge in [-0.2, -0.15) is 0 Å². The first-order valence-corrected chi connectivity index (χ1v) is 12.6. The molecule has 4 heteroatoms. The van der Waals surface area contributed by atoms with Gasteiger partial charge in [0.15, 0.2) is 0 Å². The molecule has 0 amide bonds. The van der Waals surface area contributed by atoms with Gasteiger partial charge in [0, 0.05) is 37.4 Å². The maximum Gasteiger partial charge on any atom is 0.148 e. The highest BCUT2D eigenvalue weighted by Gasteiger charge is 2.20. The molecule has 0 saturated carbocycles. The van der Waals surface area contributed by atoms with Crippen LogP contribution in [0.15, 0.2) is 114 Å². The smallest absolute Gasteiger partial charge is 0.148 e. The molecule has 0 saturated heterocycles. The second kappa shape index (κ2) is 7.89. The van der Waals surface area contributed by atoms with Crippen molar-refractivity contribution < 1.29 is 0 Å². The largest absolute Gasteiger partial charge is 0.309 e. The molecule has 0 aliphatic carbocycles. The van der Waals surface area contributed by atoms with Crippen LogP contribution in [0.3, 0.4) is 0 Å². The quantitative estimate of drug-likeness (QED) is 0.212. The Morgan fingerprint density at radius 2 is 1.14 bits per heavy atom. The Morgan fingerprint density at radius 3 is 1.86 bits per heavy atom. The molecule has 2 nitrogen and oxygen atoms in total. The van der Waals surface area contributed by atoms with Crippen LogP contribution in [0.2, 0.25) is 6.82 Å². The number of benzene rings is 5. The molecule has 7 rings (SSSR count). The molecule has 0 aliphatic heterocycles. The lowest BCUT2D eigenvalue weighted by Crippen LogP contribution is -2.09. The van der Waals surface area contributed by atoms with Crippen LogP contribution in [0.4, 0.5) is 0 Å². The monoisotopic (exact) mass is 511 g/mol. The Morgan fingerprint density at radius 1 is 0.543 bits per heavy atom. The van der Waals surface area contributed by atoms with Gasteiger partial charge < -0.3 is 9.13 Å². The molecule has 0 N–H and O–H groups in total. The highest BCUT2D eigenvalue weighted by molar-refractivity contribution is 9.10. The van der Waals surface area contributed by atoms with Gasteiger partial charge in [0.25, 0.3) is 0 Å². The number of hydrogen-bond donors (Lipinski definition) is 0. The average Bonchev–Trinajstić information content (AvgIpc) is 3.42. The number of halogens is 1. The third-order valence-corrected chi connectivity index (χ3v) is 7.57. The van der Waals surface area contributed by atoms with Crippen molar-refractivity contribution in [2.24, 2.45) is 0 Å². The fourth-order valence-electron chi connectivity index (χ4n) is 5.46. The molecule has 1 radical (unpaired) electrons. The van der Waals surface area contributed by atoms with Gasteiger partial charge in [-0.25, -0.2) is 0 Å². The van der Waals surface area contributed by atoms with Gasteiger partial charge in [-0.15, -0.1) is 0 Å². The third-order valence-electron chi connectivity index (χ3n) is 7.04. The van der Waals surface area contributed by atoms with E-state index in [1.54, 1.807) is 0 Å². The van der Waals surface area contributed by atoms with Gasteiger partial charge in [-0.05, 0) is 54.6 Å². The van der Waals surface area contributed by atoms with E-state index in [1.807, 2.05) is 0 Å².